The minimum Gasteiger partial charge on any atom is -0.497 e. The van der Waals surface area contributed by atoms with Crippen LogP contribution in [0.25, 0.3) is 0 Å². The number of hydrogen-bond donors (Lipinski definition) is 1. The van der Waals surface area contributed by atoms with Crippen LogP contribution in [0.4, 0.5) is 11.4 Å². The smallest absolute Gasteiger partial charge is 0.229 e. The third-order valence-corrected chi connectivity index (χ3v) is 6.38. The van der Waals surface area contributed by atoms with Crippen molar-refractivity contribution < 1.29 is 19.1 Å². The second kappa shape index (κ2) is 10.00. The van der Waals surface area contributed by atoms with Gasteiger partial charge in [-0.15, -0.1) is 0 Å². The maximum Gasteiger partial charge on any atom is 0.229 e. The van der Waals surface area contributed by atoms with Crippen molar-refractivity contribution in [3.8, 4) is 11.5 Å². The third-order valence-electron chi connectivity index (χ3n) is 6.38. The van der Waals surface area contributed by atoms with Gasteiger partial charge in [-0.1, -0.05) is 29.8 Å². The van der Waals surface area contributed by atoms with E-state index in [-0.39, 0.29) is 11.8 Å². The lowest BCUT2D eigenvalue weighted by atomic mass is 9.83. The fourth-order valence-corrected chi connectivity index (χ4v) is 4.58. The van der Waals surface area contributed by atoms with Crippen LogP contribution in [0.15, 0.2) is 66.7 Å². The quantitative estimate of drug-likeness (QED) is 0.534. The van der Waals surface area contributed by atoms with Crippen LogP contribution in [0.3, 0.4) is 0 Å². The molecule has 34 heavy (non-hydrogen) atoms. The van der Waals surface area contributed by atoms with Gasteiger partial charge >= 0.3 is 0 Å². The van der Waals surface area contributed by atoms with Crippen molar-refractivity contribution in [2.24, 2.45) is 5.92 Å². The molecule has 1 aliphatic heterocycles. The summed E-state index contributed by atoms with van der Waals surface area (Å²) in [6.45, 7) is 4.01. The molecule has 1 fully saturated rings. The molecule has 4 rings (SSSR count). The molecule has 1 N–H and O–H groups in total. The summed E-state index contributed by atoms with van der Waals surface area (Å²) >= 11 is 0. The molecule has 0 saturated carbocycles. The highest BCUT2D eigenvalue weighted by Crippen LogP contribution is 2.41. The molecule has 1 aliphatic rings. The zero-order valence-electron chi connectivity index (χ0n) is 20.0. The lowest BCUT2D eigenvalue weighted by Gasteiger charge is -2.41. The van der Waals surface area contributed by atoms with E-state index in [1.165, 1.54) is 0 Å². The first kappa shape index (κ1) is 23.4. The number of benzene rings is 3. The molecule has 2 unspecified atom stereocenters. The minimum absolute atomic E-state index is 0.0125. The van der Waals surface area contributed by atoms with Crippen molar-refractivity contribution in [3.63, 3.8) is 0 Å². The van der Waals surface area contributed by atoms with Crippen LogP contribution in [-0.2, 0) is 9.59 Å². The number of carbonyl (C=O) groups is 2. The van der Waals surface area contributed by atoms with Crippen LogP contribution in [0.5, 0.6) is 11.5 Å². The number of carbonyl (C=O) groups excluding carboxylic acids is 2. The van der Waals surface area contributed by atoms with Crippen molar-refractivity contribution in [1.29, 1.82) is 0 Å². The fraction of sp³-hybridized carbons (Fsp3) is 0.286. The summed E-state index contributed by atoms with van der Waals surface area (Å²) < 4.78 is 10.6. The van der Waals surface area contributed by atoms with Crippen LogP contribution in [0.2, 0.25) is 0 Å². The maximum atomic E-state index is 13.6. The maximum absolute atomic E-state index is 13.6. The van der Waals surface area contributed by atoms with E-state index in [9.17, 15) is 9.59 Å². The van der Waals surface area contributed by atoms with E-state index in [1.807, 2.05) is 80.6 Å². The Labute approximate surface area is 200 Å². The lowest BCUT2D eigenvalue weighted by molar-refractivity contribution is -0.125. The summed E-state index contributed by atoms with van der Waals surface area (Å²) in [5, 5.41) is 3.11. The highest BCUT2D eigenvalue weighted by atomic mass is 16.5. The van der Waals surface area contributed by atoms with Crippen LogP contribution in [-0.4, -0.2) is 26.0 Å². The van der Waals surface area contributed by atoms with Gasteiger partial charge in [-0.3, -0.25) is 9.59 Å². The standard InChI is InChI=1S/C28H30N2O4/c1-18-5-15-25(19(2)17-18)29-28(32)24-14-16-26(31)30(21-8-12-23(34-4)13-9-21)27(24)20-6-10-22(33-3)11-7-20/h5-13,15,17,24,27H,14,16H2,1-4H3,(H,29,32). The number of anilines is 2. The van der Waals surface area contributed by atoms with Crippen molar-refractivity contribution >= 4 is 23.2 Å². The lowest BCUT2D eigenvalue weighted by Crippen LogP contribution is -2.47. The predicted molar refractivity (Wildman–Crippen MR) is 133 cm³/mol. The third kappa shape index (κ3) is 4.76. The predicted octanol–water partition coefficient (Wildman–Crippen LogP) is 5.44. The second-order valence-electron chi connectivity index (χ2n) is 8.63. The van der Waals surface area contributed by atoms with Crippen LogP contribution in [0.1, 0.15) is 35.6 Å². The van der Waals surface area contributed by atoms with Gasteiger partial charge in [-0.05, 0) is 73.9 Å². The second-order valence-corrected chi connectivity index (χ2v) is 8.63. The molecule has 2 amide bonds. The zero-order chi connectivity index (χ0) is 24.2. The highest BCUT2D eigenvalue weighted by Gasteiger charge is 2.41. The van der Waals surface area contributed by atoms with Gasteiger partial charge in [0.15, 0.2) is 0 Å². The van der Waals surface area contributed by atoms with Crippen LogP contribution >= 0.6 is 0 Å². The Bertz CT molecular complexity index is 1170. The molecule has 6 heteroatoms. The first-order valence-electron chi connectivity index (χ1n) is 11.4. The molecule has 2 atom stereocenters. The van der Waals surface area contributed by atoms with Crippen LogP contribution in [0, 0.1) is 19.8 Å². The van der Waals surface area contributed by atoms with Crippen molar-refractivity contribution in [2.75, 3.05) is 24.4 Å². The highest BCUT2D eigenvalue weighted by molar-refractivity contribution is 6.00. The Morgan fingerprint density at radius 2 is 1.53 bits per heavy atom. The molecule has 3 aromatic carbocycles. The average molecular weight is 459 g/mol. The number of ether oxygens (including phenoxy) is 2. The number of nitrogens with one attached hydrogen (secondary N) is 1. The molecule has 176 valence electrons. The molecular weight excluding hydrogens is 428 g/mol. The fourth-order valence-electron chi connectivity index (χ4n) is 4.58. The van der Waals surface area contributed by atoms with Gasteiger partial charge in [0, 0.05) is 17.8 Å². The Balaban J connectivity index is 1.73. The summed E-state index contributed by atoms with van der Waals surface area (Å²) in [6.07, 6.45) is 0.766. The van der Waals surface area contributed by atoms with Crippen LogP contribution < -0.4 is 19.7 Å². The topological polar surface area (TPSA) is 67.9 Å². The van der Waals surface area contributed by atoms with E-state index < -0.39 is 12.0 Å². The van der Waals surface area contributed by atoms with E-state index in [0.29, 0.717) is 18.6 Å². The van der Waals surface area contributed by atoms with Gasteiger partial charge < -0.3 is 19.7 Å². The Kier molecular flexibility index (Phi) is 6.87. The minimum atomic E-state index is -0.452. The number of nitrogens with zero attached hydrogens (tertiary/aromatic N) is 1. The van der Waals surface area contributed by atoms with Gasteiger partial charge in [-0.2, -0.15) is 0 Å². The molecule has 6 nitrogen and oxygen atoms in total. The van der Waals surface area contributed by atoms with Gasteiger partial charge in [0.2, 0.25) is 11.8 Å². The summed E-state index contributed by atoms with van der Waals surface area (Å²) in [6, 6.07) is 20.5. The Morgan fingerprint density at radius 1 is 0.912 bits per heavy atom. The van der Waals surface area contributed by atoms with Gasteiger partial charge in [0.1, 0.15) is 11.5 Å². The molecule has 3 aromatic rings. The van der Waals surface area contributed by atoms with E-state index in [2.05, 4.69) is 5.32 Å². The molecular formula is C28H30N2O4. The number of amides is 2. The van der Waals surface area contributed by atoms with Gasteiger partial charge in [0.25, 0.3) is 0 Å². The largest absolute Gasteiger partial charge is 0.497 e. The molecule has 0 aromatic heterocycles. The van der Waals surface area contributed by atoms with Crippen molar-refractivity contribution in [1.82, 2.24) is 0 Å². The number of methoxy groups -OCH3 is 2. The Morgan fingerprint density at radius 3 is 2.12 bits per heavy atom. The molecule has 0 bridgehead atoms. The summed E-state index contributed by atoms with van der Waals surface area (Å²) in [5.41, 5.74) is 4.55. The summed E-state index contributed by atoms with van der Waals surface area (Å²) in [7, 11) is 3.22. The molecule has 0 radical (unpaired) electrons. The summed E-state index contributed by atoms with van der Waals surface area (Å²) in [5.74, 6) is 0.894. The van der Waals surface area contributed by atoms with E-state index in [0.717, 1.165) is 33.8 Å². The number of hydrogen-bond acceptors (Lipinski definition) is 4. The SMILES string of the molecule is COc1ccc(C2C(C(=O)Nc3ccc(C)cc3C)CCC(=O)N2c2ccc(OC)cc2)cc1. The average Bonchev–Trinajstić information content (AvgIpc) is 2.85. The van der Waals surface area contributed by atoms with E-state index >= 15 is 0 Å². The molecule has 1 saturated heterocycles. The summed E-state index contributed by atoms with van der Waals surface area (Å²) in [4.78, 5) is 28.6. The first-order chi connectivity index (χ1) is 16.4. The number of rotatable bonds is 6. The monoisotopic (exact) mass is 458 g/mol. The molecule has 1 heterocycles. The van der Waals surface area contributed by atoms with E-state index in [4.69, 9.17) is 9.47 Å². The Hall–Kier alpha value is -3.80. The van der Waals surface area contributed by atoms with Crippen molar-refractivity contribution in [3.05, 3.63) is 83.4 Å². The first-order valence-corrected chi connectivity index (χ1v) is 11.4. The number of aryl methyl sites for hydroxylation is 2. The molecule has 0 aliphatic carbocycles. The normalized spacial score (nSPS) is 17.9. The van der Waals surface area contributed by atoms with Crippen molar-refractivity contribution in [2.45, 2.75) is 32.7 Å². The molecule has 0 spiro atoms. The number of piperidine rings is 1. The van der Waals surface area contributed by atoms with Gasteiger partial charge in [0.05, 0.1) is 26.2 Å². The van der Waals surface area contributed by atoms with E-state index in [1.54, 1.807) is 19.1 Å². The zero-order valence-corrected chi connectivity index (χ0v) is 20.0. The van der Waals surface area contributed by atoms with Gasteiger partial charge in [-0.25, -0.2) is 0 Å².